The van der Waals surface area contributed by atoms with Crippen molar-refractivity contribution >= 4 is 11.9 Å². The molecule has 86 valence electrons. The number of aliphatic hydroxyl groups excluding tert-OH is 1. The van der Waals surface area contributed by atoms with Crippen molar-refractivity contribution in [2.45, 2.75) is 38.9 Å². The predicted octanol–water partition coefficient (Wildman–Crippen LogP) is 0.557. The smallest absolute Gasteiger partial charge is 0.410 e. The average molecular weight is 215 g/mol. The summed E-state index contributed by atoms with van der Waals surface area (Å²) in [5.74, 6) is -0.213. The topological polar surface area (TPSA) is 66.8 Å². The summed E-state index contributed by atoms with van der Waals surface area (Å²) in [4.78, 5) is 23.9. The molecule has 0 radical (unpaired) electrons. The molecule has 1 atom stereocenters. The zero-order chi connectivity index (χ0) is 11.6. The molecular formula is C10H17NO4. The zero-order valence-corrected chi connectivity index (χ0v) is 9.32. The molecule has 1 amide bonds. The van der Waals surface area contributed by atoms with E-state index in [1.807, 2.05) is 0 Å². The second kappa shape index (κ2) is 4.18. The molecule has 1 fully saturated rings. The predicted molar refractivity (Wildman–Crippen MR) is 53.4 cm³/mol. The summed E-state index contributed by atoms with van der Waals surface area (Å²) < 4.78 is 5.13. The Morgan fingerprint density at radius 2 is 2.13 bits per heavy atom. The fraction of sp³-hybridized carbons (Fsp3) is 0.800. The van der Waals surface area contributed by atoms with Crippen molar-refractivity contribution in [3.8, 4) is 0 Å². The normalized spacial score (nSPS) is 22.8. The van der Waals surface area contributed by atoms with Gasteiger partial charge >= 0.3 is 6.09 Å². The number of carbonyl (C=O) groups excluding carboxylic acids is 2. The van der Waals surface area contributed by atoms with Crippen molar-refractivity contribution in [2.24, 2.45) is 0 Å². The fourth-order valence-electron chi connectivity index (χ4n) is 1.31. The minimum Gasteiger partial charge on any atom is -0.444 e. The van der Waals surface area contributed by atoms with Gasteiger partial charge in [0, 0.05) is 13.0 Å². The van der Waals surface area contributed by atoms with Crippen molar-refractivity contribution in [3.05, 3.63) is 0 Å². The molecule has 0 aromatic carbocycles. The molecule has 1 aliphatic heterocycles. The first-order valence-corrected chi connectivity index (χ1v) is 4.98. The van der Waals surface area contributed by atoms with Crippen LogP contribution in [0.15, 0.2) is 0 Å². The Kier molecular flexibility index (Phi) is 3.34. The summed E-state index contributed by atoms with van der Waals surface area (Å²) in [6.45, 7) is 5.68. The van der Waals surface area contributed by atoms with E-state index in [1.54, 1.807) is 20.8 Å². The van der Waals surface area contributed by atoms with E-state index >= 15 is 0 Å². The SMILES string of the molecule is CC(C)(C)OC(=O)N1CCC(=O)C(O)C1. The molecule has 0 aromatic rings. The minimum atomic E-state index is -1.06. The van der Waals surface area contributed by atoms with Crippen LogP contribution in [-0.2, 0) is 9.53 Å². The number of piperidine rings is 1. The number of β-amino-alcohol motifs (C(OH)–C–C–N with tert-alkyl or cyclic N) is 1. The van der Waals surface area contributed by atoms with E-state index in [0.717, 1.165) is 0 Å². The highest BCUT2D eigenvalue weighted by atomic mass is 16.6. The Hall–Kier alpha value is -1.10. The van der Waals surface area contributed by atoms with Crippen LogP contribution in [0.25, 0.3) is 0 Å². The fourth-order valence-corrected chi connectivity index (χ4v) is 1.31. The maximum atomic E-state index is 11.5. The third kappa shape index (κ3) is 3.51. The lowest BCUT2D eigenvalue weighted by Gasteiger charge is -2.31. The highest BCUT2D eigenvalue weighted by molar-refractivity contribution is 5.85. The number of hydrogen-bond acceptors (Lipinski definition) is 4. The van der Waals surface area contributed by atoms with Crippen molar-refractivity contribution < 1.29 is 19.4 Å². The highest BCUT2D eigenvalue weighted by Gasteiger charge is 2.30. The van der Waals surface area contributed by atoms with Crippen LogP contribution >= 0.6 is 0 Å². The van der Waals surface area contributed by atoms with Crippen LogP contribution in [0.3, 0.4) is 0 Å². The second-order valence-corrected chi connectivity index (χ2v) is 4.66. The van der Waals surface area contributed by atoms with Gasteiger partial charge in [0.2, 0.25) is 0 Å². The van der Waals surface area contributed by atoms with Crippen LogP contribution in [0.4, 0.5) is 4.79 Å². The first-order valence-electron chi connectivity index (χ1n) is 4.98. The molecule has 0 bridgehead atoms. The molecule has 5 nitrogen and oxygen atoms in total. The number of ether oxygens (including phenoxy) is 1. The van der Waals surface area contributed by atoms with Crippen molar-refractivity contribution in [3.63, 3.8) is 0 Å². The Morgan fingerprint density at radius 3 is 2.60 bits per heavy atom. The number of Topliss-reactive ketones (excluding diaryl/α,β-unsaturated/α-hetero) is 1. The van der Waals surface area contributed by atoms with Gasteiger partial charge in [-0.1, -0.05) is 0 Å². The molecule has 1 N–H and O–H groups in total. The number of carbonyl (C=O) groups is 2. The molecule has 0 aliphatic carbocycles. The quantitative estimate of drug-likeness (QED) is 0.641. The van der Waals surface area contributed by atoms with Gasteiger partial charge in [-0.25, -0.2) is 4.79 Å². The molecule has 0 saturated carbocycles. The van der Waals surface area contributed by atoms with Gasteiger partial charge in [-0.3, -0.25) is 4.79 Å². The first-order chi connectivity index (χ1) is 6.79. The summed E-state index contributed by atoms with van der Waals surface area (Å²) in [6.07, 6.45) is -1.35. The van der Waals surface area contributed by atoms with Gasteiger partial charge in [-0.05, 0) is 20.8 Å². The van der Waals surface area contributed by atoms with E-state index in [1.165, 1.54) is 4.90 Å². The Morgan fingerprint density at radius 1 is 1.53 bits per heavy atom. The standard InChI is InChI=1S/C10H17NO4/c1-10(2,3)15-9(14)11-5-4-7(12)8(13)6-11/h8,13H,4-6H2,1-3H3. The van der Waals surface area contributed by atoms with E-state index in [2.05, 4.69) is 0 Å². The maximum absolute atomic E-state index is 11.5. The zero-order valence-electron chi connectivity index (χ0n) is 9.32. The van der Waals surface area contributed by atoms with Gasteiger partial charge in [-0.15, -0.1) is 0 Å². The Labute approximate surface area is 89.0 Å². The first kappa shape index (κ1) is 12.0. The lowest BCUT2D eigenvalue weighted by atomic mass is 10.1. The number of ketones is 1. The van der Waals surface area contributed by atoms with Gasteiger partial charge in [0.1, 0.15) is 11.7 Å². The number of amides is 1. The lowest BCUT2D eigenvalue weighted by Crippen LogP contribution is -2.48. The largest absolute Gasteiger partial charge is 0.444 e. The van der Waals surface area contributed by atoms with E-state index in [0.29, 0.717) is 6.54 Å². The van der Waals surface area contributed by atoms with Gasteiger partial charge in [-0.2, -0.15) is 0 Å². The van der Waals surface area contributed by atoms with Gasteiger partial charge in [0.05, 0.1) is 6.54 Å². The molecular weight excluding hydrogens is 198 g/mol. The van der Waals surface area contributed by atoms with Gasteiger partial charge < -0.3 is 14.7 Å². The summed E-state index contributed by atoms with van der Waals surface area (Å²) in [5, 5.41) is 9.30. The molecule has 1 aliphatic rings. The van der Waals surface area contributed by atoms with Crippen LogP contribution in [0, 0.1) is 0 Å². The van der Waals surface area contributed by atoms with Crippen molar-refractivity contribution in [1.29, 1.82) is 0 Å². The van der Waals surface area contributed by atoms with Crippen LogP contribution in [-0.4, -0.2) is 46.7 Å². The average Bonchev–Trinajstić information content (AvgIpc) is 2.06. The molecule has 1 unspecified atom stereocenters. The molecule has 5 heteroatoms. The number of aliphatic hydroxyl groups is 1. The minimum absolute atomic E-state index is 0.0355. The van der Waals surface area contributed by atoms with E-state index in [9.17, 15) is 14.7 Å². The second-order valence-electron chi connectivity index (χ2n) is 4.66. The molecule has 15 heavy (non-hydrogen) atoms. The van der Waals surface area contributed by atoms with Crippen molar-refractivity contribution in [1.82, 2.24) is 4.90 Å². The Bertz CT molecular complexity index is 269. The number of likely N-dealkylation sites (tertiary alicyclic amines) is 1. The lowest BCUT2D eigenvalue weighted by molar-refractivity contribution is -0.131. The van der Waals surface area contributed by atoms with Crippen LogP contribution in [0.5, 0.6) is 0 Å². The summed E-state index contributed by atoms with van der Waals surface area (Å²) in [6, 6.07) is 0. The summed E-state index contributed by atoms with van der Waals surface area (Å²) in [7, 11) is 0. The molecule has 1 rings (SSSR count). The third-order valence-corrected chi connectivity index (χ3v) is 2.04. The van der Waals surface area contributed by atoms with E-state index < -0.39 is 17.8 Å². The number of hydrogen-bond donors (Lipinski definition) is 1. The van der Waals surface area contributed by atoms with Crippen molar-refractivity contribution in [2.75, 3.05) is 13.1 Å². The number of nitrogens with zero attached hydrogens (tertiary/aromatic N) is 1. The van der Waals surface area contributed by atoms with Gasteiger partial charge in [0.15, 0.2) is 5.78 Å². The van der Waals surface area contributed by atoms with E-state index in [-0.39, 0.29) is 18.7 Å². The molecule has 1 heterocycles. The van der Waals surface area contributed by atoms with Crippen LogP contribution in [0.2, 0.25) is 0 Å². The summed E-state index contributed by atoms with van der Waals surface area (Å²) in [5.41, 5.74) is -0.552. The molecule has 0 aromatic heterocycles. The molecule has 1 saturated heterocycles. The Balaban J connectivity index is 2.51. The summed E-state index contributed by atoms with van der Waals surface area (Å²) >= 11 is 0. The third-order valence-electron chi connectivity index (χ3n) is 2.04. The van der Waals surface area contributed by atoms with Crippen LogP contribution < -0.4 is 0 Å². The monoisotopic (exact) mass is 215 g/mol. The van der Waals surface area contributed by atoms with Gasteiger partial charge in [0.25, 0.3) is 0 Å². The van der Waals surface area contributed by atoms with E-state index in [4.69, 9.17) is 4.74 Å². The van der Waals surface area contributed by atoms with Crippen LogP contribution in [0.1, 0.15) is 27.2 Å². The number of rotatable bonds is 0. The maximum Gasteiger partial charge on any atom is 0.410 e. The highest BCUT2D eigenvalue weighted by Crippen LogP contribution is 2.13. The molecule has 0 spiro atoms.